The smallest absolute Gasteiger partial charge is 0.0233 e. The van der Waals surface area contributed by atoms with Gasteiger partial charge in [-0.1, -0.05) is 29.8 Å². The van der Waals surface area contributed by atoms with Crippen molar-refractivity contribution in [3.63, 3.8) is 0 Å². The standard InChI is InChI=1S/C18H33N3/c1-17-9-6-10-18(15-17)16-21(13-7-11-19(2)3)14-8-12-20(4)5/h6,9-10,15H,7-8,11-14,16H2,1-5H3. The van der Waals surface area contributed by atoms with E-state index >= 15 is 0 Å². The van der Waals surface area contributed by atoms with E-state index in [1.807, 2.05) is 0 Å². The zero-order chi connectivity index (χ0) is 15.7. The molecule has 0 atom stereocenters. The number of hydrogen-bond donors (Lipinski definition) is 0. The van der Waals surface area contributed by atoms with Crippen molar-refractivity contribution in [1.82, 2.24) is 14.7 Å². The normalized spacial score (nSPS) is 11.8. The Hall–Kier alpha value is -0.900. The fourth-order valence-corrected chi connectivity index (χ4v) is 2.56. The highest BCUT2D eigenvalue weighted by Crippen LogP contribution is 2.09. The average Bonchev–Trinajstić information content (AvgIpc) is 2.37. The molecule has 0 aliphatic carbocycles. The summed E-state index contributed by atoms with van der Waals surface area (Å²) in [5.74, 6) is 0. The molecule has 1 aromatic rings. The van der Waals surface area contributed by atoms with E-state index in [0.717, 1.165) is 19.6 Å². The van der Waals surface area contributed by atoms with Crippen LogP contribution in [0.25, 0.3) is 0 Å². The van der Waals surface area contributed by atoms with Gasteiger partial charge in [0.2, 0.25) is 0 Å². The van der Waals surface area contributed by atoms with Crippen molar-refractivity contribution in [1.29, 1.82) is 0 Å². The first-order valence-corrected chi connectivity index (χ1v) is 8.04. The number of rotatable bonds is 10. The third-order valence-corrected chi connectivity index (χ3v) is 3.65. The molecule has 0 N–H and O–H groups in total. The Labute approximate surface area is 131 Å². The van der Waals surface area contributed by atoms with Crippen molar-refractivity contribution < 1.29 is 0 Å². The summed E-state index contributed by atoms with van der Waals surface area (Å²) >= 11 is 0. The molecule has 0 unspecified atom stereocenters. The van der Waals surface area contributed by atoms with Gasteiger partial charge in [0.15, 0.2) is 0 Å². The minimum Gasteiger partial charge on any atom is -0.309 e. The van der Waals surface area contributed by atoms with Gasteiger partial charge < -0.3 is 9.80 Å². The van der Waals surface area contributed by atoms with E-state index in [1.165, 1.54) is 37.1 Å². The predicted octanol–water partition coefficient (Wildman–Crippen LogP) is 2.70. The van der Waals surface area contributed by atoms with Crippen LogP contribution in [0.5, 0.6) is 0 Å². The fourth-order valence-electron chi connectivity index (χ4n) is 2.56. The van der Waals surface area contributed by atoms with Gasteiger partial charge in [-0.3, -0.25) is 4.90 Å². The van der Waals surface area contributed by atoms with Crippen molar-refractivity contribution in [2.45, 2.75) is 26.3 Å². The highest BCUT2D eigenvalue weighted by Gasteiger charge is 2.07. The summed E-state index contributed by atoms with van der Waals surface area (Å²) in [6.07, 6.45) is 2.47. The Bertz CT molecular complexity index is 374. The zero-order valence-electron chi connectivity index (χ0n) is 14.6. The van der Waals surface area contributed by atoms with E-state index in [4.69, 9.17) is 0 Å². The van der Waals surface area contributed by atoms with Crippen molar-refractivity contribution in [3.05, 3.63) is 35.4 Å². The van der Waals surface area contributed by atoms with E-state index in [2.05, 4.69) is 74.1 Å². The molecule has 3 nitrogen and oxygen atoms in total. The molecular weight excluding hydrogens is 258 g/mol. The van der Waals surface area contributed by atoms with Crippen molar-refractivity contribution in [2.75, 3.05) is 54.4 Å². The maximum absolute atomic E-state index is 2.60. The number of benzene rings is 1. The van der Waals surface area contributed by atoms with Gasteiger partial charge in [0, 0.05) is 6.54 Å². The Morgan fingerprint density at radius 1 is 0.810 bits per heavy atom. The second kappa shape index (κ2) is 9.93. The first kappa shape index (κ1) is 18.1. The molecule has 0 amide bonds. The van der Waals surface area contributed by atoms with E-state index in [0.29, 0.717) is 0 Å². The topological polar surface area (TPSA) is 9.72 Å². The predicted molar refractivity (Wildman–Crippen MR) is 92.8 cm³/mol. The summed E-state index contributed by atoms with van der Waals surface area (Å²) in [5.41, 5.74) is 2.79. The highest BCUT2D eigenvalue weighted by atomic mass is 15.1. The second-order valence-corrected chi connectivity index (χ2v) is 6.58. The molecule has 0 bridgehead atoms. The van der Waals surface area contributed by atoms with Crippen molar-refractivity contribution in [3.8, 4) is 0 Å². The monoisotopic (exact) mass is 291 g/mol. The molecule has 3 heteroatoms. The van der Waals surface area contributed by atoms with E-state index < -0.39 is 0 Å². The summed E-state index contributed by atoms with van der Waals surface area (Å²) in [7, 11) is 8.60. The van der Waals surface area contributed by atoms with Crippen LogP contribution in [0.4, 0.5) is 0 Å². The highest BCUT2D eigenvalue weighted by molar-refractivity contribution is 5.22. The zero-order valence-corrected chi connectivity index (χ0v) is 14.6. The third kappa shape index (κ3) is 8.86. The molecule has 0 fully saturated rings. The largest absolute Gasteiger partial charge is 0.309 e. The van der Waals surface area contributed by atoms with E-state index in [1.54, 1.807) is 0 Å². The van der Waals surface area contributed by atoms with Gasteiger partial charge in [-0.2, -0.15) is 0 Å². The summed E-state index contributed by atoms with van der Waals surface area (Å²) in [6.45, 7) is 7.93. The second-order valence-electron chi connectivity index (χ2n) is 6.58. The molecule has 0 aromatic heterocycles. The molecule has 0 radical (unpaired) electrons. The van der Waals surface area contributed by atoms with Crippen molar-refractivity contribution >= 4 is 0 Å². The molecule has 1 aromatic carbocycles. The van der Waals surface area contributed by atoms with Gasteiger partial charge in [-0.25, -0.2) is 0 Å². The van der Waals surface area contributed by atoms with E-state index in [-0.39, 0.29) is 0 Å². The number of hydrogen-bond acceptors (Lipinski definition) is 3. The molecule has 0 saturated carbocycles. The van der Waals surface area contributed by atoms with Gasteiger partial charge in [0.25, 0.3) is 0 Å². The van der Waals surface area contributed by atoms with Gasteiger partial charge in [-0.15, -0.1) is 0 Å². The van der Waals surface area contributed by atoms with E-state index in [9.17, 15) is 0 Å². The Kier molecular flexibility index (Phi) is 8.58. The lowest BCUT2D eigenvalue weighted by Gasteiger charge is -2.24. The SMILES string of the molecule is Cc1cccc(CN(CCCN(C)C)CCCN(C)C)c1. The lowest BCUT2D eigenvalue weighted by molar-refractivity contribution is 0.234. The van der Waals surface area contributed by atoms with Crippen molar-refractivity contribution in [2.24, 2.45) is 0 Å². The lowest BCUT2D eigenvalue weighted by atomic mass is 10.1. The lowest BCUT2D eigenvalue weighted by Crippen LogP contribution is -2.30. The van der Waals surface area contributed by atoms with Crippen LogP contribution in [-0.2, 0) is 6.54 Å². The molecule has 0 heterocycles. The molecular formula is C18H33N3. The average molecular weight is 291 g/mol. The van der Waals surface area contributed by atoms with Gasteiger partial charge in [-0.05, 0) is 79.7 Å². The molecule has 0 aliphatic heterocycles. The van der Waals surface area contributed by atoms with Crippen LogP contribution in [0.2, 0.25) is 0 Å². The first-order chi connectivity index (χ1) is 9.97. The van der Waals surface area contributed by atoms with Crippen LogP contribution in [0.3, 0.4) is 0 Å². The molecule has 0 spiro atoms. The summed E-state index contributed by atoms with van der Waals surface area (Å²) in [4.78, 5) is 7.14. The molecule has 1 rings (SSSR count). The molecule has 0 saturated heterocycles. The minimum absolute atomic E-state index is 1.07. The van der Waals surface area contributed by atoms with Crippen LogP contribution in [0.1, 0.15) is 24.0 Å². The Morgan fingerprint density at radius 2 is 1.38 bits per heavy atom. The maximum atomic E-state index is 2.60. The number of aryl methyl sites for hydroxylation is 1. The quantitative estimate of drug-likeness (QED) is 0.656. The van der Waals surface area contributed by atoms with Crippen LogP contribution in [0, 0.1) is 6.92 Å². The molecule has 120 valence electrons. The van der Waals surface area contributed by atoms with Crippen LogP contribution >= 0.6 is 0 Å². The van der Waals surface area contributed by atoms with Crippen LogP contribution < -0.4 is 0 Å². The first-order valence-electron chi connectivity index (χ1n) is 8.04. The van der Waals surface area contributed by atoms with Gasteiger partial charge >= 0.3 is 0 Å². The summed E-state index contributed by atoms with van der Waals surface area (Å²) < 4.78 is 0. The van der Waals surface area contributed by atoms with Gasteiger partial charge in [0.1, 0.15) is 0 Å². The van der Waals surface area contributed by atoms with Crippen LogP contribution in [0.15, 0.2) is 24.3 Å². The fraction of sp³-hybridized carbons (Fsp3) is 0.667. The molecule has 21 heavy (non-hydrogen) atoms. The number of nitrogens with zero attached hydrogens (tertiary/aromatic N) is 3. The summed E-state index contributed by atoms with van der Waals surface area (Å²) in [6, 6.07) is 8.90. The van der Waals surface area contributed by atoms with Crippen LogP contribution in [-0.4, -0.2) is 69.1 Å². The van der Waals surface area contributed by atoms with Gasteiger partial charge in [0.05, 0.1) is 0 Å². The molecule has 0 aliphatic rings. The minimum atomic E-state index is 1.07. The third-order valence-electron chi connectivity index (χ3n) is 3.65. The Balaban J connectivity index is 2.49. The summed E-state index contributed by atoms with van der Waals surface area (Å²) in [5, 5.41) is 0. The maximum Gasteiger partial charge on any atom is 0.0233 e. The Morgan fingerprint density at radius 3 is 1.86 bits per heavy atom.